The average Bonchev–Trinajstić information content (AvgIpc) is 2.70. The molecule has 0 aliphatic heterocycles. The van der Waals surface area contributed by atoms with E-state index in [2.05, 4.69) is 97.6 Å². The Morgan fingerprint density at radius 1 is 1.00 bits per heavy atom. The minimum atomic E-state index is -2.33. The number of carbonyl (C=O) groups is 1. The molecule has 3 heteroatoms. The number of hydrogen-bond donors (Lipinski definition) is 0. The minimum Gasteiger partial charge on any atom is -0.469 e. The van der Waals surface area contributed by atoms with E-state index in [0.717, 1.165) is 12.8 Å². The highest BCUT2D eigenvalue weighted by Crippen LogP contribution is 2.35. The van der Waals surface area contributed by atoms with Crippen molar-refractivity contribution in [2.24, 2.45) is 0 Å². The lowest BCUT2D eigenvalue weighted by Gasteiger charge is -2.39. The molecule has 0 atom stereocenters. The molecule has 0 unspecified atom stereocenters. The molecule has 0 heterocycles. The van der Waals surface area contributed by atoms with E-state index in [1.807, 2.05) is 12.2 Å². The second-order valence-corrected chi connectivity index (χ2v) is 12.3. The van der Waals surface area contributed by atoms with Gasteiger partial charge in [0.2, 0.25) is 8.07 Å². The largest absolute Gasteiger partial charge is 0.469 e. The topological polar surface area (TPSA) is 26.3 Å². The number of esters is 1. The SMILES string of the molecule is COC(=O)CCC/C=C/C#C[Si](c1ccccc1)(c1ccccc1)C(C)(C)C. The number of unbranched alkanes of at least 4 members (excludes halogenated alkanes) is 1. The molecule has 2 aromatic carbocycles. The van der Waals surface area contributed by atoms with Gasteiger partial charge < -0.3 is 4.74 Å². The summed E-state index contributed by atoms with van der Waals surface area (Å²) in [6.07, 6.45) is 6.04. The molecule has 0 saturated heterocycles. The number of hydrogen-bond acceptors (Lipinski definition) is 2. The zero-order chi connectivity index (χ0) is 20.5. The van der Waals surface area contributed by atoms with Gasteiger partial charge in [-0.1, -0.05) is 93.4 Å². The summed E-state index contributed by atoms with van der Waals surface area (Å²) in [6.45, 7) is 6.90. The second kappa shape index (κ2) is 10.1. The van der Waals surface area contributed by atoms with Crippen molar-refractivity contribution in [2.45, 2.75) is 45.1 Å². The van der Waals surface area contributed by atoms with Crippen LogP contribution in [0.5, 0.6) is 0 Å². The van der Waals surface area contributed by atoms with Crippen LogP contribution in [0.2, 0.25) is 5.04 Å². The maximum absolute atomic E-state index is 11.2. The van der Waals surface area contributed by atoms with Gasteiger partial charge >= 0.3 is 5.97 Å². The molecule has 28 heavy (non-hydrogen) atoms. The molecule has 0 spiro atoms. The Morgan fingerprint density at radius 3 is 2.00 bits per heavy atom. The van der Waals surface area contributed by atoms with Gasteiger partial charge in [-0.05, 0) is 34.3 Å². The molecule has 2 nitrogen and oxygen atoms in total. The Hall–Kier alpha value is -2.57. The molecule has 0 saturated carbocycles. The fraction of sp³-hybridized carbons (Fsp3) is 0.320. The maximum atomic E-state index is 11.2. The van der Waals surface area contributed by atoms with Gasteiger partial charge in [0.15, 0.2) is 0 Å². The number of ether oxygens (including phenoxy) is 1. The van der Waals surface area contributed by atoms with Crippen molar-refractivity contribution in [2.75, 3.05) is 7.11 Å². The highest BCUT2D eigenvalue weighted by Gasteiger charge is 2.46. The molecule has 0 fully saturated rings. The first-order valence-corrected chi connectivity index (χ1v) is 11.8. The average molecular weight is 391 g/mol. The summed E-state index contributed by atoms with van der Waals surface area (Å²) >= 11 is 0. The minimum absolute atomic E-state index is 0.0292. The lowest BCUT2D eigenvalue weighted by Crippen LogP contribution is -2.63. The molecule has 0 N–H and O–H groups in total. The van der Waals surface area contributed by atoms with Crippen molar-refractivity contribution in [3.63, 3.8) is 0 Å². The summed E-state index contributed by atoms with van der Waals surface area (Å²) in [5, 5.41) is 2.70. The van der Waals surface area contributed by atoms with Gasteiger partial charge in [-0.25, -0.2) is 0 Å². The molecule has 0 aliphatic carbocycles. The Kier molecular flexibility index (Phi) is 7.84. The lowest BCUT2D eigenvalue weighted by atomic mass is 10.2. The summed E-state index contributed by atoms with van der Waals surface area (Å²) in [7, 11) is -0.904. The first-order chi connectivity index (χ1) is 13.4. The Morgan fingerprint density at radius 2 is 1.54 bits per heavy atom. The molecular formula is C25H30O2Si. The van der Waals surface area contributed by atoms with Crippen LogP contribution < -0.4 is 10.4 Å². The molecule has 0 amide bonds. The van der Waals surface area contributed by atoms with E-state index in [1.54, 1.807) is 0 Å². The van der Waals surface area contributed by atoms with E-state index < -0.39 is 8.07 Å². The first-order valence-electron chi connectivity index (χ1n) is 9.77. The summed E-state index contributed by atoms with van der Waals surface area (Å²) in [5.74, 6) is 3.19. The third-order valence-corrected chi connectivity index (χ3v) is 10.1. The molecule has 0 aliphatic rings. The Bertz CT molecular complexity index is 797. The van der Waals surface area contributed by atoms with Crippen molar-refractivity contribution in [3.05, 3.63) is 72.8 Å². The number of benzene rings is 2. The van der Waals surface area contributed by atoms with Crippen LogP contribution in [0.3, 0.4) is 0 Å². The van der Waals surface area contributed by atoms with Crippen molar-refractivity contribution < 1.29 is 9.53 Å². The highest BCUT2D eigenvalue weighted by molar-refractivity contribution is 7.10. The van der Waals surface area contributed by atoms with E-state index in [9.17, 15) is 4.79 Å². The smallest absolute Gasteiger partial charge is 0.305 e. The Labute approximate surface area is 170 Å². The van der Waals surface area contributed by atoms with Gasteiger partial charge in [-0.3, -0.25) is 4.79 Å². The van der Waals surface area contributed by atoms with E-state index >= 15 is 0 Å². The van der Waals surface area contributed by atoms with Gasteiger partial charge in [0, 0.05) is 6.42 Å². The standard InChI is InChI=1S/C25H30O2Si/c1-25(2,3)28(22-16-10-8-11-17-22,23-18-12-9-13-19-23)21-15-7-5-6-14-20-24(26)27-4/h5,7-13,16-19H,6,14,20H2,1-4H3/b7-5+. The number of methoxy groups -OCH3 is 1. The maximum Gasteiger partial charge on any atom is 0.305 e. The fourth-order valence-electron chi connectivity index (χ4n) is 3.50. The lowest BCUT2D eigenvalue weighted by molar-refractivity contribution is -0.140. The quantitative estimate of drug-likeness (QED) is 0.314. The molecule has 0 radical (unpaired) electrons. The van der Waals surface area contributed by atoms with Crippen LogP contribution in [0.25, 0.3) is 0 Å². The highest BCUT2D eigenvalue weighted by atomic mass is 28.3. The van der Waals surface area contributed by atoms with Crippen LogP contribution in [-0.4, -0.2) is 21.2 Å². The first kappa shape index (κ1) is 21.7. The third-order valence-electron chi connectivity index (χ3n) is 4.98. The zero-order valence-electron chi connectivity index (χ0n) is 17.4. The molecule has 2 rings (SSSR count). The van der Waals surface area contributed by atoms with Crippen molar-refractivity contribution in [1.29, 1.82) is 0 Å². The van der Waals surface area contributed by atoms with Gasteiger partial charge in [-0.2, -0.15) is 0 Å². The van der Waals surface area contributed by atoms with Crippen LogP contribution in [0.4, 0.5) is 0 Å². The fourth-order valence-corrected chi connectivity index (χ4v) is 7.91. The van der Waals surface area contributed by atoms with Gasteiger partial charge in [0.25, 0.3) is 0 Å². The van der Waals surface area contributed by atoms with Gasteiger partial charge in [-0.15, -0.1) is 5.54 Å². The summed E-state index contributed by atoms with van der Waals surface area (Å²) in [5.41, 5.74) is 3.73. The summed E-state index contributed by atoms with van der Waals surface area (Å²) in [4.78, 5) is 11.2. The third kappa shape index (κ3) is 5.24. The van der Waals surface area contributed by atoms with E-state index in [-0.39, 0.29) is 11.0 Å². The van der Waals surface area contributed by atoms with E-state index in [0.29, 0.717) is 6.42 Å². The predicted molar refractivity (Wildman–Crippen MR) is 120 cm³/mol. The number of carbonyl (C=O) groups excluding carboxylic acids is 1. The summed E-state index contributed by atoms with van der Waals surface area (Å²) in [6, 6.07) is 21.4. The van der Waals surface area contributed by atoms with Crippen molar-refractivity contribution in [3.8, 4) is 11.5 Å². The second-order valence-electron chi connectivity index (χ2n) is 7.87. The molecular weight excluding hydrogens is 360 g/mol. The Balaban J connectivity index is 2.37. The molecule has 0 aromatic heterocycles. The van der Waals surface area contributed by atoms with E-state index in [4.69, 9.17) is 0 Å². The van der Waals surface area contributed by atoms with E-state index in [1.165, 1.54) is 17.5 Å². The van der Waals surface area contributed by atoms with Crippen LogP contribution in [0, 0.1) is 11.5 Å². The van der Waals surface area contributed by atoms with Crippen molar-refractivity contribution >= 4 is 24.4 Å². The monoisotopic (exact) mass is 390 g/mol. The molecule has 2 aromatic rings. The van der Waals surface area contributed by atoms with Gasteiger partial charge in [0.1, 0.15) is 0 Å². The van der Waals surface area contributed by atoms with Crippen LogP contribution in [0.1, 0.15) is 40.0 Å². The van der Waals surface area contributed by atoms with Gasteiger partial charge in [0.05, 0.1) is 7.11 Å². The van der Waals surface area contributed by atoms with Crippen LogP contribution >= 0.6 is 0 Å². The number of rotatable bonds is 6. The number of allylic oxidation sites excluding steroid dienone is 2. The molecule has 0 bridgehead atoms. The predicted octanol–water partition coefficient (Wildman–Crippen LogP) is 4.49. The van der Waals surface area contributed by atoms with Crippen molar-refractivity contribution in [1.82, 2.24) is 0 Å². The molecule has 146 valence electrons. The van der Waals surface area contributed by atoms with Crippen LogP contribution in [-0.2, 0) is 9.53 Å². The zero-order valence-corrected chi connectivity index (χ0v) is 18.4. The van der Waals surface area contributed by atoms with Crippen LogP contribution in [0.15, 0.2) is 72.8 Å². The normalized spacial score (nSPS) is 11.7. The summed E-state index contributed by atoms with van der Waals surface area (Å²) < 4.78 is 4.67.